The Morgan fingerprint density at radius 1 is 1.23 bits per heavy atom. The number of ether oxygens (including phenoxy) is 3. The number of carbonyl (C=O) groups is 1. The average molecular weight is 475 g/mol. The predicted molar refractivity (Wildman–Crippen MR) is 128 cm³/mol. The highest BCUT2D eigenvalue weighted by atomic mass is 16.5. The SMILES string of the molecule is COCCNC(=O)c1cncc(Nc2nccc(-c3ccc(OC4CCOCC4)c(C#N)c3)n2)c1. The molecule has 3 aromatic rings. The van der Waals surface area contributed by atoms with Crippen molar-refractivity contribution in [2.24, 2.45) is 0 Å². The molecule has 1 fully saturated rings. The average Bonchev–Trinajstić information content (AvgIpc) is 2.90. The first kappa shape index (κ1) is 24.1. The summed E-state index contributed by atoms with van der Waals surface area (Å²) in [6, 6.07) is 11.1. The topological polar surface area (TPSA) is 131 Å². The molecule has 0 radical (unpaired) electrons. The molecule has 0 spiro atoms. The standard InChI is InChI=1S/C25H26N6O4/c1-33-11-8-28-24(32)19-13-20(16-27-15-19)30-25-29-7-4-22(31-25)17-2-3-23(18(12-17)14-26)35-21-5-9-34-10-6-21/h2-4,7,12-13,15-16,21H,5-6,8-11H2,1H3,(H,28,32)(H,29,30,31). The fourth-order valence-corrected chi connectivity index (χ4v) is 3.56. The van der Waals surface area contributed by atoms with E-state index in [0.717, 1.165) is 18.4 Å². The van der Waals surface area contributed by atoms with Crippen LogP contribution in [0.4, 0.5) is 11.6 Å². The van der Waals surface area contributed by atoms with Crippen molar-refractivity contribution in [1.82, 2.24) is 20.3 Å². The van der Waals surface area contributed by atoms with Gasteiger partial charge in [0.15, 0.2) is 0 Å². The van der Waals surface area contributed by atoms with Gasteiger partial charge >= 0.3 is 0 Å². The predicted octanol–water partition coefficient (Wildman–Crippen LogP) is 3.09. The van der Waals surface area contributed by atoms with E-state index in [-0.39, 0.29) is 12.0 Å². The maximum Gasteiger partial charge on any atom is 0.253 e. The molecule has 0 unspecified atom stereocenters. The van der Waals surface area contributed by atoms with Crippen molar-refractivity contribution in [3.8, 4) is 23.1 Å². The van der Waals surface area contributed by atoms with E-state index >= 15 is 0 Å². The molecule has 0 aliphatic carbocycles. The zero-order valence-electron chi connectivity index (χ0n) is 19.4. The molecule has 0 saturated carbocycles. The number of aromatic nitrogens is 3. The second kappa shape index (κ2) is 11.9. The number of hydrogen-bond acceptors (Lipinski definition) is 9. The fraction of sp³-hybridized carbons (Fsp3) is 0.320. The van der Waals surface area contributed by atoms with Crippen LogP contribution in [0.15, 0.2) is 48.9 Å². The Morgan fingerprint density at radius 2 is 2.09 bits per heavy atom. The van der Waals surface area contributed by atoms with Crippen LogP contribution in [0.1, 0.15) is 28.8 Å². The second-order valence-electron chi connectivity index (χ2n) is 7.85. The lowest BCUT2D eigenvalue weighted by molar-refractivity contribution is 0.0254. The molecule has 0 atom stereocenters. The van der Waals surface area contributed by atoms with Crippen molar-refractivity contribution < 1.29 is 19.0 Å². The van der Waals surface area contributed by atoms with Crippen molar-refractivity contribution in [3.63, 3.8) is 0 Å². The zero-order chi connectivity index (χ0) is 24.5. The van der Waals surface area contributed by atoms with Crippen LogP contribution in [0.25, 0.3) is 11.3 Å². The minimum Gasteiger partial charge on any atom is -0.489 e. The maximum absolute atomic E-state index is 12.3. The van der Waals surface area contributed by atoms with E-state index < -0.39 is 0 Å². The molecule has 10 heteroatoms. The minimum absolute atomic E-state index is 0.0444. The summed E-state index contributed by atoms with van der Waals surface area (Å²) in [5.41, 5.74) is 2.81. The lowest BCUT2D eigenvalue weighted by Gasteiger charge is -2.23. The van der Waals surface area contributed by atoms with Gasteiger partial charge in [-0.1, -0.05) is 0 Å². The van der Waals surface area contributed by atoms with E-state index in [1.807, 2.05) is 6.07 Å². The van der Waals surface area contributed by atoms with Gasteiger partial charge in [0.1, 0.15) is 17.9 Å². The Labute approximate surface area is 203 Å². The molecular weight excluding hydrogens is 448 g/mol. The number of amides is 1. The van der Waals surface area contributed by atoms with Gasteiger partial charge in [-0.3, -0.25) is 9.78 Å². The third-order valence-electron chi connectivity index (χ3n) is 5.36. The van der Waals surface area contributed by atoms with Crippen molar-refractivity contribution >= 4 is 17.5 Å². The third kappa shape index (κ3) is 6.50. The van der Waals surface area contributed by atoms with E-state index in [0.29, 0.717) is 60.6 Å². The highest BCUT2D eigenvalue weighted by molar-refractivity contribution is 5.94. The molecule has 0 bridgehead atoms. The van der Waals surface area contributed by atoms with Gasteiger partial charge in [-0.2, -0.15) is 5.26 Å². The summed E-state index contributed by atoms with van der Waals surface area (Å²) in [6.07, 6.45) is 6.34. The fourth-order valence-electron chi connectivity index (χ4n) is 3.56. The van der Waals surface area contributed by atoms with E-state index in [1.165, 1.54) is 6.20 Å². The van der Waals surface area contributed by atoms with Crippen LogP contribution < -0.4 is 15.4 Å². The van der Waals surface area contributed by atoms with Gasteiger partial charge in [-0.05, 0) is 30.3 Å². The number of nitriles is 1. The Kier molecular flexibility index (Phi) is 8.17. The number of nitrogens with one attached hydrogen (secondary N) is 2. The summed E-state index contributed by atoms with van der Waals surface area (Å²) in [7, 11) is 1.57. The molecule has 4 rings (SSSR count). The van der Waals surface area contributed by atoms with Crippen molar-refractivity contribution in [2.75, 3.05) is 38.8 Å². The summed E-state index contributed by atoms with van der Waals surface area (Å²) >= 11 is 0. The van der Waals surface area contributed by atoms with Crippen LogP contribution in [0.2, 0.25) is 0 Å². The number of rotatable bonds is 9. The molecule has 2 N–H and O–H groups in total. The van der Waals surface area contributed by atoms with Gasteiger partial charge in [0.05, 0.1) is 48.5 Å². The van der Waals surface area contributed by atoms with Crippen molar-refractivity contribution in [1.29, 1.82) is 5.26 Å². The normalized spacial score (nSPS) is 13.6. The van der Waals surface area contributed by atoms with Gasteiger partial charge < -0.3 is 24.8 Å². The summed E-state index contributed by atoms with van der Waals surface area (Å²) in [6.45, 7) is 2.16. The maximum atomic E-state index is 12.3. The molecule has 35 heavy (non-hydrogen) atoms. The first-order valence-corrected chi connectivity index (χ1v) is 11.3. The summed E-state index contributed by atoms with van der Waals surface area (Å²) < 4.78 is 16.4. The summed E-state index contributed by atoms with van der Waals surface area (Å²) in [5.74, 6) is 0.643. The van der Waals surface area contributed by atoms with Crippen LogP contribution in [0.3, 0.4) is 0 Å². The summed E-state index contributed by atoms with van der Waals surface area (Å²) in [5, 5.41) is 15.5. The van der Waals surface area contributed by atoms with Crippen LogP contribution in [0.5, 0.6) is 5.75 Å². The lowest BCUT2D eigenvalue weighted by Crippen LogP contribution is -2.27. The molecule has 10 nitrogen and oxygen atoms in total. The van der Waals surface area contributed by atoms with E-state index in [9.17, 15) is 10.1 Å². The Morgan fingerprint density at radius 3 is 2.89 bits per heavy atom. The Balaban J connectivity index is 1.48. The first-order chi connectivity index (χ1) is 17.2. The number of anilines is 2. The molecular formula is C25H26N6O4. The van der Waals surface area contributed by atoms with Gasteiger partial charge in [-0.15, -0.1) is 0 Å². The second-order valence-corrected chi connectivity index (χ2v) is 7.85. The first-order valence-electron chi connectivity index (χ1n) is 11.3. The van der Waals surface area contributed by atoms with Crippen LogP contribution in [-0.4, -0.2) is 60.4 Å². The zero-order valence-corrected chi connectivity index (χ0v) is 19.4. The Bertz CT molecular complexity index is 1210. The molecule has 3 heterocycles. The third-order valence-corrected chi connectivity index (χ3v) is 5.36. The largest absolute Gasteiger partial charge is 0.489 e. The number of benzene rings is 1. The van der Waals surface area contributed by atoms with E-state index in [2.05, 4.69) is 31.7 Å². The number of methoxy groups -OCH3 is 1. The van der Waals surface area contributed by atoms with Crippen LogP contribution in [-0.2, 0) is 9.47 Å². The van der Waals surface area contributed by atoms with Gasteiger partial charge in [-0.25, -0.2) is 9.97 Å². The van der Waals surface area contributed by atoms with E-state index in [4.69, 9.17) is 14.2 Å². The minimum atomic E-state index is -0.250. The highest BCUT2D eigenvalue weighted by Crippen LogP contribution is 2.28. The number of pyridine rings is 1. The van der Waals surface area contributed by atoms with Crippen molar-refractivity contribution in [3.05, 3.63) is 60.0 Å². The number of carbonyl (C=O) groups excluding carboxylic acids is 1. The molecule has 2 aromatic heterocycles. The van der Waals surface area contributed by atoms with Gasteiger partial charge in [0, 0.05) is 44.5 Å². The molecule has 1 aromatic carbocycles. The molecule has 1 aliphatic heterocycles. The Hall–Kier alpha value is -4.07. The lowest BCUT2D eigenvalue weighted by atomic mass is 10.1. The van der Waals surface area contributed by atoms with Crippen molar-refractivity contribution in [2.45, 2.75) is 18.9 Å². The monoisotopic (exact) mass is 474 g/mol. The molecule has 1 amide bonds. The molecule has 1 saturated heterocycles. The quantitative estimate of drug-likeness (QED) is 0.449. The smallest absolute Gasteiger partial charge is 0.253 e. The molecule has 1 aliphatic rings. The molecule has 180 valence electrons. The number of hydrogen-bond donors (Lipinski definition) is 2. The van der Waals surface area contributed by atoms with Crippen LogP contribution in [0, 0.1) is 11.3 Å². The summed E-state index contributed by atoms with van der Waals surface area (Å²) in [4.78, 5) is 25.2. The number of nitrogens with zero attached hydrogens (tertiary/aromatic N) is 4. The van der Waals surface area contributed by atoms with E-state index in [1.54, 1.807) is 43.8 Å². The van der Waals surface area contributed by atoms with Gasteiger partial charge in [0.25, 0.3) is 5.91 Å². The van der Waals surface area contributed by atoms with Gasteiger partial charge in [0.2, 0.25) is 5.95 Å². The highest BCUT2D eigenvalue weighted by Gasteiger charge is 2.17. The van der Waals surface area contributed by atoms with Crippen LogP contribution >= 0.6 is 0 Å².